The number of ether oxygens (including phenoxy) is 1. The molecule has 1 saturated heterocycles. The molecule has 0 bridgehead atoms. The number of carbonyl (C=O) groups excluding carboxylic acids is 1. The molecule has 3 rings (SSSR count). The van der Waals surface area contributed by atoms with Crippen LogP contribution in [-0.4, -0.2) is 54.0 Å². The minimum absolute atomic E-state index is 0.101. The zero-order valence-corrected chi connectivity index (χ0v) is 15.0. The standard InChI is InChI=1S/C19H22ClN3O2/c1-22(12-17-4-2-3-9-21-17)14-19(24)23-10-11-25-18(13-23)15-5-7-16(20)8-6-15/h2-9,18H,10-14H2,1H3/t18-/m1/s1. The van der Waals surface area contributed by atoms with Crippen LogP contribution in [0.25, 0.3) is 0 Å². The molecule has 25 heavy (non-hydrogen) atoms. The van der Waals surface area contributed by atoms with E-state index in [1.165, 1.54) is 0 Å². The third-order valence-corrected chi connectivity index (χ3v) is 4.48. The minimum Gasteiger partial charge on any atom is -0.370 e. The fraction of sp³-hybridized carbons (Fsp3) is 0.368. The second-order valence-electron chi connectivity index (χ2n) is 6.24. The summed E-state index contributed by atoms with van der Waals surface area (Å²) < 4.78 is 5.82. The van der Waals surface area contributed by atoms with Gasteiger partial charge in [0.15, 0.2) is 0 Å². The zero-order chi connectivity index (χ0) is 17.6. The lowest BCUT2D eigenvalue weighted by molar-refractivity contribution is -0.140. The number of carbonyl (C=O) groups is 1. The highest BCUT2D eigenvalue weighted by Gasteiger charge is 2.25. The first kappa shape index (κ1) is 17.9. The molecule has 0 unspecified atom stereocenters. The fourth-order valence-electron chi connectivity index (χ4n) is 2.91. The highest BCUT2D eigenvalue weighted by Crippen LogP contribution is 2.23. The van der Waals surface area contributed by atoms with Gasteiger partial charge < -0.3 is 9.64 Å². The molecule has 6 heteroatoms. The Morgan fingerprint density at radius 3 is 2.84 bits per heavy atom. The van der Waals surface area contributed by atoms with Crippen LogP contribution in [0.2, 0.25) is 5.02 Å². The summed E-state index contributed by atoms with van der Waals surface area (Å²) in [6.07, 6.45) is 1.67. The summed E-state index contributed by atoms with van der Waals surface area (Å²) >= 11 is 5.94. The van der Waals surface area contributed by atoms with Crippen LogP contribution in [0.5, 0.6) is 0 Å². The maximum atomic E-state index is 12.6. The maximum Gasteiger partial charge on any atom is 0.236 e. The first-order valence-corrected chi connectivity index (χ1v) is 8.73. The summed E-state index contributed by atoms with van der Waals surface area (Å²) in [6.45, 7) is 2.75. The molecule has 1 aromatic carbocycles. The number of pyridine rings is 1. The van der Waals surface area contributed by atoms with Crippen molar-refractivity contribution < 1.29 is 9.53 Å². The van der Waals surface area contributed by atoms with Gasteiger partial charge in [-0.15, -0.1) is 0 Å². The topological polar surface area (TPSA) is 45.7 Å². The van der Waals surface area contributed by atoms with Crippen LogP contribution in [0.4, 0.5) is 0 Å². The zero-order valence-electron chi connectivity index (χ0n) is 14.3. The van der Waals surface area contributed by atoms with Crippen LogP contribution in [0.15, 0.2) is 48.7 Å². The van der Waals surface area contributed by atoms with Crippen molar-refractivity contribution in [1.82, 2.24) is 14.8 Å². The molecule has 1 amide bonds. The van der Waals surface area contributed by atoms with Gasteiger partial charge in [0.2, 0.25) is 5.91 Å². The Labute approximate surface area is 153 Å². The third-order valence-electron chi connectivity index (χ3n) is 4.22. The van der Waals surface area contributed by atoms with E-state index in [1.54, 1.807) is 6.20 Å². The van der Waals surface area contributed by atoms with Crippen LogP contribution >= 0.6 is 11.6 Å². The van der Waals surface area contributed by atoms with E-state index >= 15 is 0 Å². The van der Waals surface area contributed by atoms with Crippen LogP contribution in [0, 0.1) is 0 Å². The van der Waals surface area contributed by atoms with Crippen LogP contribution in [-0.2, 0) is 16.1 Å². The Bertz CT molecular complexity index is 694. The van der Waals surface area contributed by atoms with Gasteiger partial charge in [-0.2, -0.15) is 0 Å². The molecule has 1 fully saturated rings. The molecule has 1 aliphatic heterocycles. The highest BCUT2D eigenvalue weighted by atomic mass is 35.5. The van der Waals surface area contributed by atoms with Crippen molar-refractivity contribution >= 4 is 17.5 Å². The quantitative estimate of drug-likeness (QED) is 0.823. The highest BCUT2D eigenvalue weighted by molar-refractivity contribution is 6.30. The van der Waals surface area contributed by atoms with E-state index < -0.39 is 0 Å². The second-order valence-corrected chi connectivity index (χ2v) is 6.68. The van der Waals surface area contributed by atoms with E-state index in [2.05, 4.69) is 4.98 Å². The number of aromatic nitrogens is 1. The summed E-state index contributed by atoms with van der Waals surface area (Å²) in [6, 6.07) is 13.4. The molecule has 0 N–H and O–H groups in total. The molecule has 1 atom stereocenters. The van der Waals surface area contributed by atoms with Crippen molar-refractivity contribution in [2.45, 2.75) is 12.6 Å². The van der Waals surface area contributed by atoms with Crippen molar-refractivity contribution in [3.05, 3.63) is 64.9 Å². The molecule has 5 nitrogen and oxygen atoms in total. The summed E-state index contributed by atoms with van der Waals surface area (Å²) in [5.41, 5.74) is 2.00. The number of hydrogen-bond acceptors (Lipinski definition) is 4. The van der Waals surface area contributed by atoms with Gasteiger partial charge in [-0.3, -0.25) is 14.7 Å². The van der Waals surface area contributed by atoms with E-state index in [1.807, 2.05) is 59.3 Å². The number of nitrogens with zero attached hydrogens (tertiary/aromatic N) is 3. The van der Waals surface area contributed by atoms with Crippen molar-refractivity contribution in [2.75, 3.05) is 33.3 Å². The van der Waals surface area contributed by atoms with Gasteiger partial charge in [0.1, 0.15) is 6.10 Å². The number of benzene rings is 1. The van der Waals surface area contributed by atoms with Crippen LogP contribution in [0.1, 0.15) is 17.4 Å². The molecule has 132 valence electrons. The number of halogens is 1. The maximum absolute atomic E-state index is 12.6. The Balaban J connectivity index is 1.55. The molecule has 2 heterocycles. The SMILES string of the molecule is CN(CC(=O)N1CCO[C@@H](c2ccc(Cl)cc2)C1)Cc1ccccn1. The molecule has 0 spiro atoms. The first-order chi connectivity index (χ1) is 12.1. The summed E-state index contributed by atoms with van der Waals surface area (Å²) in [7, 11) is 1.93. The average Bonchev–Trinajstić information content (AvgIpc) is 2.63. The summed E-state index contributed by atoms with van der Waals surface area (Å²) in [5.74, 6) is 0.112. The predicted octanol–water partition coefficient (Wildman–Crippen LogP) is 2.77. The van der Waals surface area contributed by atoms with Crippen LogP contribution in [0.3, 0.4) is 0 Å². The van der Waals surface area contributed by atoms with Crippen molar-refractivity contribution in [1.29, 1.82) is 0 Å². The Morgan fingerprint density at radius 1 is 1.32 bits per heavy atom. The number of amides is 1. The van der Waals surface area contributed by atoms with Gasteiger partial charge in [0, 0.05) is 24.3 Å². The lowest BCUT2D eigenvalue weighted by Gasteiger charge is -2.34. The summed E-state index contributed by atoms with van der Waals surface area (Å²) in [5, 5.41) is 0.698. The van der Waals surface area contributed by atoms with Gasteiger partial charge in [-0.25, -0.2) is 0 Å². The normalized spacial score (nSPS) is 17.7. The lowest BCUT2D eigenvalue weighted by atomic mass is 10.1. The van der Waals surface area contributed by atoms with Crippen molar-refractivity contribution in [2.24, 2.45) is 0 Å². The van der Waals surface area contributed by atoms with E-state index in [4.69, 9.17) is 16.3 Å². The average molecular weight is 360 g/mol. The molecule has 1 aromatic heterocycles. The van der Waals surface area contributed by atoms with Crippen molar-refractivity contribution in [3.8, 4) is 0 Å². The Morgan fingerprint density at radius 2 is 2.12 bits per heavy atom. The monoisotopic (exact) mass is 359 g/mol. The second kappa shape index (κ2) is 8.43. The van der Waals surface area contributed by atoms with Gasteiger partial charge in [0.25, 0.3) is 0 Å². The van der Waals surface area contributed by atoms with E-state index in [9.17, 15) is 4.79 Å². The number of likely N-dealkylation sites (N-methyl/N-ethyl adjacent to an activating group) is 1. The van der Waals surface area contributed by atoms with Crippen LogP contribution < -0.4 is 0 Å². The molecule has 0 radical (unpaired) electrons. The van der Waals surface area contributed by atoms with E-state index in [-0.39, 0.29) is 12.0 Å². The smallest absolute Gasteiger partial charge is 0.236 e. The van der Waals surface area contributed by atoms with Gasteiger partial charge >= 0.3 is 0 Å². The summed E-state index contributed by atoms with van der Waals surface area (Å²) in [4.78, 5) is 20.8. The number of morpholine rings is 1. The largest absolute Gasteiger partial charge is 0.370 e. The Hall–Kier alpha value is -1.95. The van der Waals surface area contributed by atoms with Gasteiger partial charge in [0.05, 0.1) is 25.4 Å². The molecular weight excluding hydrogens is 338 g/mol. The fourth-order valence-corrected chi connectivity index (χ4v) is 3.04. The molecular formula is C19H22ClN3O2. The lowest BCUT2D eigenvalue weighted by Crippen LogP contribution is -2.46. The van der Waals surface area contributed by atoms with E-state index in [0.717, 1.165) is 11.3 Å². The predicted molar refractivity (Wildman–Crippen MR) is 97.3 cm³/mol. The van der Waals surface area contributed by atoms with Gasteiger partial charge in [-0.05, 0) is 36.9 Å². The molecule has 0 aliphatic carbocycles. The third kappa shape index (κ3) is 5.01. The number of hydrogen-bond donors (Lipinski definition) is 0. The van der Waals surface area contributed by atoms with E-state index in [0.29, 0.717) is 37.8 Å². The van der Waals surface area contributed by atoms with Crippen molar-refractivity contribution in [3.63, 3.8) is 0 Å². The molecule has 0 saturated carbocycles. The number of rotatable bonds is 5. The first-order valence-electron chi connectivity index (χ1n) is 8.35. The minimum atomic E-state index is -0.101. The van der Waals surface area contributed by atoms with Gasteiger partial charge in [-0.1, -0.05) is 29.8 Å². The molecule has 2 aromatic rings. The Kier molecular flexibility index (Phi) is 6.02. The molecule has 1 aliphatic rings.